The summed E-state index contributed by atoms with van der Waals surface area (Å²) in [7, 11) is 3.06. The van der Waals surface area contributed by atoms with Gasteiger partial charge in [0.05, 0.1) is 19.7 Å². The van der Waals surface area contributed by atoms with E-state index < -0.39 is 0 Å². The molecule has 2 aromatic rings. The van der Waals surface area contributed by atoms with Gasteiger partial charge in [0.2, 0.25) is 5.88 Å². The van der Waals surface area contributed by atoms with Gasteiger partial charge < -0.3 is 9.47 Å². The Hall–Kier alpha value is -1.43. The summed E-state index contributed by atoms with van der Waals surface area (Å²) in [6, 6.07) is 0.273. The molecule has 68 valence electrons. The van der Waals surface area contributed by atoms with Crippen LogP contribution in [0.3, 0.4) is 0 Å². The molecule has 13 heavy (non-hydrogen) atoms. The van der Waals surface area contributed by atoms with Crippen molar-refractivity contribution in [1.29, 1.82) is 0 Å². The van der Waals surface area contributed by atoms with Crippen LogP contribution in [0.2, 0.25) is 0 Å². The van der Waals surface area contributed by atoms with Crippen molar-refractivity contribution in [2.24, 2.45) is 0 Å². The van der Waals surface area contributed by atoms with E-state index in [2.05, 4.69) is 15.0 Å². The van der Waals surface area contributed by atoms with Gasteiger partial charge in [-0.05, 0) is 0 Å². The van der Waals surface area contributed by atoms with Crippen molar-refractivity contribution in [1.82, 2.24) is 15.0 Å². The highest BCUT2D eigenvalue weighted by Gasteiger charge is 2.09. The second-order valence-electron chi connectivity index (χ2n) is 2.22. The molecule has 0 radical (unpaired) electrons. The van der Waals surface area contributed by atoms with Gasteiger partial charge in [-0.1, -0.05) is 0 Å². The van der Waals surface area contributed by atoms with Gasteiger partial charge in [0.15, 0.2) is 5.65 Å². The molecular formula is C7H7N3O2S. The van der Waals surface area contributed by atoms with Gasteiger partial charge in [0, 0.05) is 0 Å². The second kappa shape index (κ2) is 3.14. The lowest BCUT2D eigenvalue weighted by Crippen LogP contribution is -1.95. The number of ether oxygens (including phenoxy) is 2. The first-order chi connectivity index (χ1) is 6.35. The smallest absolute Gasteiger partial charge is 0.321 e. The SMILES string of the molecule is COc1nc(OC)c2scnc2n1. The van der Waals surface area contributed by atoms with Crippen LogP contribution >= 0.6 is 11.3 Å². The summed E-state index contributed by atoms with van der Waals surface area (Å²) in [5.74, 6) is 0.504. The molecule has 0 saturated carbocycles. The number of nitrogens with zero attached hydrogens (tertiary/aromatic N) is 3. The van der Waals surface area contributed by atoms with Crippen LogP contribution < -0.4 is 9.47 Å². The molecule has 2 rings (SSSR count). The maximum atomic E-state index is 5.07. The number of methoxy groups -OCH3 is 2. The molecule has 2 aromatic heterocycles. The fourth-order valence-electron chi connectivity index (χ4n) is 0.949. The number of thiazole rings is 1. The molecule has 0 N–H and O–H groups in total. The minimum absolute atomic E-state index is 0.273. The molecule has 6 heteroatoms. The third kappa shape index (κ3) is 1.29. The number of fused-ring (bicyclic) bond motifs is 1. The maximum Gasteiger partial charge on any atom is 0.321 e. The first-order valence-corrected chi connectivity index (χ1v) is 4.42. The quantitative estimate of drug-likeness (QED) is 0.721. The van der Waals surface area contributed by atoms with E-state index in [-0.39, 0.29) is 6.01 Å². The summed E-state index contributed by atoms with van der Waals surface area (Å²) >= 11 is 1.44. The maximum absolute atomic E-state index is 5.07. The second-order valence-corrected chi connectivity index (χ2v) is 3.08. The van der Waals surface area contributed by atoms with Crippen molar-refractivity contribution in [2.45, 2.75) is 0 Å². The van der Waals surface area contributed by atoms with Crippen LogP contribution in [0, 0.1) is 0 Å². The summed E-state index contributed by atoms with van der Waals surface area (Å²) < 4.78 is 10.8. The van der Waals surface area contributed by atoms with E-state index in [0.29, 0.717) is 11.5 Å². The zero-order valence-corrected chi connectivity index (χ0v) is 7.96. The molecule has 2 heterocycles. The molecule has 0 aromatic carbocycles. The Morgan fingerprint density at radius 1 is 1.23 bits per heavy atom. The average molecular weight is 197 g/mol. The van der Waals surface area contributed by atoms with Crippen molar-refractivity contribution >= 4 is 21.7 Å². The van der Waals surface area contributed by atoms with Gasteiger partial charge in [0.1, 0.15) is 4.70 Å². The van der Waals surface area contributed by atoms with E-state index in [9.17, 15) is 0 Å². The van der Waals surface area contributed by atoms with Crippen LogP contribution in [0.15, 0.2) is 5.51 Å². The van der Waals surface area contributed by atoms with Crippen molar-refractivity contribution < 1.29 is 9.47 Å². The monoisotopic (exact) mass is 197 g/mol. The molecular weight excluding hydrogens is 190 g/mol. The number of aromatic nitrogens is 3. The number of rotatable bonds is 2. The average Bonchev–Trinajstić information content (AvgIpc) is 2.63. The van der Waals surface area contributed by atoms with Crippen LogP contribution in [0.4, 0.5) is 0 Å². The van der Waals surface area contributed by atoms with Crippen LogP contribution in [-0.4, -0.2) is 29.2 Å². The molecule has 0 aliphatic heterocycles. The minimum atomic E-state index is 0.273. The lowest BCUT2D eigenvalue weighted by atomic mass is 10.6. The summed E-state index contributed by atoms with van der Waals surface area (Å²) in [5.41, 5.74) is 2.30. The third-order valence-corrected chi connectivity index (χ3v) is 2.32. The van der Waals surface area contributed by atoms with Crippen molar-refractivity contribution in [2.75, 3.05) is 14.2 Å². The fourth-order valence-corrected chi connectivity index (χ4v) is 1.64. The van der Waals surface area contributed by atoms with E-state index in [1.54, 1.807) is 12.6 Å². The highest BCUT2D eigenvalue weighted by molar-refractivity contribution is 7.17. The summed E-state index contributed by atoms with van der Waals surface area (Å²) in [4.78, 5) is 12.1. The molecule has 5 nitrogen and oxygen atoms in total. The van der Waals surface area contributed by atoms with Crippen molar-refractivity contribution in [3.63, 3.8) is 0 Å². The first-order valence-electron chi connectivity index (χ1n) is 3.54. The largest absolute Gasteiger partial charge is 0.480 e. The fraction of sp³-hybridized carbons (Fsp3) is 0.286. The van der Waals surface area contributed by atoms with E-state index in [1.165, 1.54) is 18.4 Å². The number of hydrogen-bond acceptors (Lipinski definition) is 6. The van der Waals surface area contributed by atoms with Crippen LogP contribution in [0.1, 0.15) is 0 Å². The first kappa shape index (κ1) is 8.18. The summed E-state index contributed by atoms with van der Waals surface area (Å²) in [6.07, 6.45) is 0. The van der Waals surface area contributed by atoms with E-state index in [4.69, 9.17) is 9.47 Å². The van der Waals surface area contributed by atoms with Crippen LogP contribution in [0.25, 0.3) is 10.3 Å². The van der Waals surface area contributed by atoms with Gasteiger partial charge in [0.25, 0.3) is 0 Å². The zero-order valence-electron chi connectivity index (χ0n) is 7.14. The predicted molar refractivity (Wildman–Crippen MR) is 48.3 cm³/mol. The molecule has 0 aliphatic rings. The Labute approximate surface area is 78.4 Å². The topological polar surface area (TPSA) is 57.1 Å². The highest BCUT2D eigenvalue weighted by atomic mass is 32.1. The normalized spacial score (nSPS) is 10.3. The lowest BCUT2D eigenvalue weighted by molar-refractivity contribution is 0.357. The summed E-state index contributed by atoms with van der Waals surface area (Å²) in [6.45, 7) is 0. The Balaban J connectivity index is 2.70. The van der Waals surface area contributed by atoms with Gasteiger partial charge in [-0.2, -0.15) is 9.97 Å². The van der Waals surface area contributed by atoms with Gasteiger partial charge in [-0.3, -0.25) is 0 Å². The zero-order chi connectivity index (χ0) is 9.26. The van der Waals surface area contributed by atoms with Crippen molar-refractivity contribution in [3.05, 3.63) is 5.51 Å². The van der Waals surface area contributed by atoms with E-state index in [0.717, 1.165) is 4.70 Å². The third-order valence-electron chi connectivity index (χ3n) is 1.52. The van der Waals surface area contributed by atoms with E-state index in [1.807, 2.05) is 0 Å². The minimum Gasteiger partial charge on any atom is -0.480 e. The van der Waals surface area contributed by atoms with Crippen LogP contribution in [0.5, 0.6) is 11.9 Å². The molecule has 0 bridgehead atoms. The lowest BCUT2D eigenvalue weighted by Gasteiger charge is -2.01. The molecule has 0 amide bonds. The van der Waals surface area contributed by atoms with E-state index >= 15 is 0 Å². The Morgan fingerprint density at radius 3 is 2.77 bits per heavy atom. The highest BCUT2D eigenvalue weighted by Crippen LogP contribution is 2.26. The van der Waals surface area contributed by atoms with Gasteiger partial charge in [-0.15, -0.1) is 11.3 Å². The van der Waals surface area contributed by atoms with Crippen molar-refractivity contribution in [3.8, 4) is 11.9 Å². The van der Waals surface area contributed by atoms with Crippen LogP contribution in [-0.2, 0) is 0 Å². The Kier molecular flexibility index (Phi) is 1.97. The number of hydrogen-bond donors (Lipinski definition) is 0. The molecule has 0 saturated heterocycles. The molecule has 0 fully saturated rings. The Bertz CT molecular complexity index is 429. The molecule has 0 spiro atoms. The van der Waals surface area contributed by atoms with Gasteiger partial charge >= 0.3 is 6.01 Å². The predicted octanol–water partition coefficient (Wildman–Crippen LogP) is 1.10. The Morgan fingerprint density at radius 2 is 2.08 bits per heavy atom. The standard InChI is InChI=1S/C7H7N3O2S/c1-11-6-4-5(8-3-13-4)9-7(10-6)12-2/h3H,1-2H3. The molecule has 0 unspecified atom stereocenters. The summed E-state index contributed by atoms with van der Waals surface area (Å²) in [5, 5.41) is 0. The molecule has 0 aliphatic carbocycles. The molecule has 0 atom stereocenters. The van der Waals surface area contributed by atoms with Gasteiger partial charge in [-0.25, -0.2) is 4.98 Å².